The summed E-state index contributed by atoms with van der Waals surface area (Å²) in [5.41, 5.74) is 4.50. The molecule has 0 spiro atoms. The smallest absolute Gasteiger partial charge is 0.313 e. The number of aliphatic carboxylic acids is 1. The molecule has 0 aromatic carbocycles. The number of carbonyl (C=O) groups excluding carboxylic acids is 2. The van der Waals surface area contributed by atoms with Gasteiger partial charge < -0.3 is 25.9 Å². The third kappa shape index (κ3) is 5.40. The molecular weight excluding hydrogens is 542 g/mol. The van der Waals surface area contributed by atoms with Gasteiger partial charge in [-0.3, -0.25) is 14.4 Å². The van der Waals surface area contributed by atoms with Crippen molar-refractivity contribution in [3.63, 3.8) is 0 Å². The fourth-order valence-corrected chi connectivity index (χ4v) is 6.84. The lowest BCUT2D eigenvalue weighted by molar-refractivity contribution is -0.157. The Morgan fingerprint density at radius 1 is 1.54 bits per heavy atom. The van der Waals surface area contributed by atoms with E-state index in [1.54, 1.807) is 5.38 Å². The number of nitrogens with two attached hydrogens (primary N) is 1. The summed E-state index contributed by atoms with van der Waals surface area (Å²) in [6.45, 7) is 3.71. The minimum atomic E-state index is -1.24. The monoisotopic (exact) mass is 563 g/mol. The third-order valence-corrected chi connectivity index (χ3v) is 8.94. The van der Waals surface area contributed by atoms with Crippen molar-refractivity contribution in [1.82, 2.24) is 35.4 Å². The lowest BCUT2D eigenvalue weighted by Gasteiger charge is -2.53. The SMILES string of the molecule is C#CCn1nnnc1SCC1(C(=O)O)CS[C@@H]2C(NC(=O)C(=NOCC=C)c3csc(N)n3)C(=O)N2C1. The van der Waals surface area contributed by atoms with Gasteiger partial charge in [0.15, 0.2) is 10.8 Å². The molecule has 17 heteroatoms. The molecule has 2 aromatic heterocycles. The van der Waals surface area contributed by atoms with E-state index in [9.17, 15) is 19.5 Å². The highest BCUT2D eigenvalue weighted by Gasteiger charge is 2.57. The fourth-order valence-electron chi connectivity index (χ4n) is 3.56. The van der Waals surface area contributed by atoms with E-state index >= 15 is 0 Å². The summed E-state index contributed by atoms with van der Waals surface area (Å²) in [7, 11) is 0. The highest BCUT2D eigenvalue weighted by atomic mass is 32.2. The van der Waals surface area contributed by atoms with Crippen LogP contribution >= 0.6 is 34.9 Å². The maximum Gasteiger partial charge on any atom is 0.313 e. The zero-order valence-electron chi connectivity index (χ0n) is 19.1. The van der Waals surface area contributed by atoms with Gasteiger partial charge in [-0.2, -0.15) is 0 Å². The zero-order valence-corrected chi connectivity index (χ0v) is 21.6. The number of carboxylic acid groups (broad SMARTS) is 1. The van der Waals surface area contributed by atoms with E-state index in [1.165, 1.54) is 27.4 Å². The van der Waals surface area contributed by atoms with Crippen molar-refractivity contribution in [3.05, 3.63) is 23.7 Å². The summed E-state index contributed by atoms with van der Waals surface area (Å²) < 4.78 is 1.40. The highest BCUT2D eigenvalue weighted by Crippen LogP contribution is 2.44. The number of amides is 2. The van der Waals surface area contributed by atoms with Gasteiger partial charge in [-0.15, -0.1) is 34.6 Å². The molecular formula is C20H21N9O5S3. The van der Waals surface area contributed by atoms with Crippen LogP contribution < -0.4 is 11.1 Å². The molecule has 4 rings (SSSR count). The molecule has 4 heterocycles. The number of anilines is 1. The maximum absolute atomic E-state index is 13.0. The van der Waals surface area contributed by atoms with Crippen molar-refractivity contribution in [2.75, 3.05) is 30.4 Å². The number of nitrogens with zero attached hydrogens (tertiary/aromatic N) is 7. The first kappa shape index (κ1) is 26.4. The number of aromatic nitrogens is 5. The van der Waals surface area contributed by atoms with Gasteiger partial charge >= 0.3 is 5.97 Å². The van der Waals surface area contributed by atoms with E-state index in [4.69, 9.17) is 17.0 Å². The summed E-state index contributed by atoms with van der Waals surface area (Å²) in [6.07, 6.45) is 6.78. The molecule has 2 saturated heterocycles. The van der Waals surface area contributed by atoms with Gasteiger partial charge in [0.05, 0.1) is 0 Å². The van der Waals surface area contributed by atoms with Gasteiger partial charge in [-0.05, 0) is 10.4 Å². The molecule has 2 fully saturated rings. The fraction of sp³-hybridized carbons (Fsp3) is 0.400. The molecule has 2 aromatic rings. The molecule has 0 saturated carbocycles. The number of oxime groups is 1. The van der Waals surface area contributed by atoms with E-state index < -0.39 is 34.6 Å². The van der Waals surface area contributed by atoms with Crippen molar-refractivity contribution in [2.45, 2.75) is 23.1 Å². The number of tetrazole rings is 1. The predicted molar refractivity (Wildman–Crippen MR) is 137 cm³/mol. The molecule has 4 N–H and O–H groups in total. The van der Waals surface area contributed by atoms with E-state index in [0.717, 1.165) is 23.1 Å². The van der Waals surface area contributed by atoms with E-state index in [-0.39, 0.29) is 47.7 Å². The number of carboxylic acids is 1. The van der Waals surface area contributed by atoms with Crippen LogP contribution in [-0.2, 0) is 25.8 Å². The van der Waals surface area contributed by atoms with Crippen LogP contribution in [0.1, 0.15) is 5.69 Å². The lowest BCUT2D eigenvalue weighted by atomic mass is 9.89. The van der Waals surface area contributed by atoms with Crippen LogP contribution in [0.25, 0.3) is 0 Å². The van der Waals surface area contributed by atoms with Gasteiger partial charge in [0.25, 0.3) is 5.91 Å². The van der Waals surface area contributed by atoms with Crippen LogP contribution in [0.5, 0.6) is 0 Å². The number of rotatable bonds is 11. The summed E-state index contributed by atoms with van der Waals surface area (Å²) >= 11 is 3.56. The number of β-lactam (4-membered cyclic amide) rings is 1. The Morgan fingerprint density at radius 2 is 2.35 bits per heavy atom. The van der Waals surface area contributed by atoms with Crippen LogP contribution in [0.15, 0.2) is 28.3 Å². The van der Waals surface area contributed by atoms with Crippen molar-refractivity contribution >= 4 is 63.5 Å². The minimum absolute atomic E-state index is 0.0269. The largest absolute Gasteiger partial charge is 0.481 e. The van der Waals surface area contributed by atoms with Crippen LogP contribution in [0, 0.1) is 17.8 Å². The molecule has 0 bridgehead atoms. The first-order chi connectivity index (χ1) is 17.8. The Hall–Kier alpha value is -3.62. The quantitative estimate of drug-likeness (QED) is 0.0606. The number of hydrogen-bond donors (Lipinski definition) is 3. The number of fused-ring (bicyclic) bond motifs is 1. The lowest BCUT2D eigenvalue weighted by Crippen LogP contribution is -2.74. The molecule has 2 amide bonds. The number of nitrogen functional groups attached to an aromatic ring is 1. The maximum atomic E-state index is 13.0. The van der Waals surface area contributed by atoms with E-state index in [1.807, 2.05) is 0 Å². The summed E-state index contributed by atoms with van der Waals surface area (Å²) in [5.74, 6) is 0.648. The molecule has 2 aliphatic rings. The second-order valence-corrected chi connectivity index (χ2v) is 10.8. The topological polar surface area (TPSA) is 191 Å². The number of hydrogen-bond acceptors (Lipinski definition) is 13. The third-order valence-electron chi connectivity index (χ3n) is 5.43. The Kier molecular flexibility index (Phi) is 8.00. The molecule has 2 aliphatic heterocycles. The highest BCUT2D eigenvalue weighted by molar-refractivity contribution is 8.00. The Morgan fingerprint density at radius 3 is 3.03 bits per heavy atom. The Bertz CT molecular complexity index is 1290. The van der Waals surface area contributed by atoms with Gasteiger partial charge in [0, 0.05) is 23.4 Å². The van der Waals surface area contributed by atoms with E-state index in [2.05, 4.69) is 43.5 Å². The number of nitrogens with one attached hydrogen (secondary N) is 1. The van der Waals surface area contributed by atoms with Crippen LogP contribution in [0.3, 0.4) is 0 Å². The van der Waals surface area contributed by atoms with Crippen molar-refractivity contribution < 1.29 is 24.3 Å². The zero-order chi connectivity index (χ0) is 26.6. The van der Waals surface area contributed by atoms with Crippen molar-refractivity contribution in [2.24, 2.45) is 10.6 Å². The van der Waals surface area contributed by atoms with Gasteiger partial charge in [0.2, 0.25) is 11.1 Å². The molecule has 3 atom stereocenters. The standard InChI is InChI=1S/C20H21N9O5S3/c1-3-5-29-19(24-26-27-29)37-10-20(17(32)33)8-28-15(31)13(16(28)36-9-20)23-14(30)12(25-34-6-4-2)11-7-35-18(21)22-11/h1,4,7,13,16H,2,5-6,8-10H2,(H2,21,22)(H,23,30)(H,32,33)/t13?,16-,20?/m1/s1. The summed E-state index contributed by atoms with van der Waals surface area (Å²) in [6, 6.07) is -0.861. The Labute approximate surface area is 223 Å². The molecule has 0 aliphatic carbocycles. The molecule has 194 valence electrons. The van der Waals surface area contributed by atoms with Crippen molar-refractivity contribution in [1.29, 1.82) is 0 Å². The summed E-state index contributed by atoms with van der Waals surface area (Å²) in [4.78, 5) is 48.8. The number of thiazole rings is 1. The van der Waals surface area contributed by atoms with Gasteiger partial charge in [0.1, 0.15) is 35.7 Å². The number of terminal acetylenes is 1. The normalized spacial score (nSPS) is 22.9. The number of thioether (sulfide) groups is 2. The molecule has 14 nitrogen and oxygen atoms in total. The van der Waals surface area contributed by atoms with Gasteiger partial charge in [-0.1, -0.05) is 35.5 Å². The minimum Gasteiger partial charge on any atom is -0.481 e. The van der Waals surface area contributed by atoms with Gasteiger partial charge in [-0.25, -0.2) is 9.67 Å². The molecule has 37 heavy (non-hydrogen) atoms. The second kappa shape index (κ2) is 11.2. The molecule has 0 radical (unpaired) electrons. The average molecular weight is 564 g/mol. The van der Waals surface area contributed by atoms with Crippen LogP contribution in [-0.4, -0.2) is 94.8 Å². The molecule has 2 unspecified atom stereocenters. The van der Waals surface area contributed by atoms with Crippen LogP contribution in [0.2, 0.25) is 0 Å². The first-order valence-corrected chi connectivity index (χ1v) is 13.5. The average Bonchev–Trinajstić information content (AvgIpc) is 3.52. The van der Waals surface area contributed by atoms with Crippen LogP contribution in [0.4, 0.5) is 5.13 Å². The first-order valence-electron chi connectivity index (χ1n) is 10.6. The Balaban J connectivity index is 1.43. The van der Waals surface area contributed by atoms with E-state index in [0.29, 0.717) is 5.16 Å². The summed E-state index contributed by atoms with van der Waals surface area (Å²) in [5, 5.41) is 29.5. The number of carbonyl (C=O) groups is 3. The van der Waals surface area contributed by atoms with Crippen molar-refractivity contribution in [3.8, 4) is 12.3 Å². The predicted octanol–water partition coefficient (Wildman–Crippen LogP) is -0.485. The second-order valence-electron chi connectivity index (χ2n) is 7.91.